The van der Waals surface area contributed by atoms with Crippen LogP contribution in [0.2, 0.25) is 0 Å². The van der Waals surface area contributed by atoms with Gasteiger partial charge in [-0.2, -0.15) is 0 Å². The molecule has 0 spiro atoms. The normalized spacial score (nSPS) is 22.4. The summed E-state index contributed by atoms with van der Waals surface area (Å²) in [6.07, 6.45) is 1.94. The monoisotopic (exact) mass is 249 g/mol. The van der Waals surface area contributed by atoms with Crippen molar-refractivity contribution in [1.82, 2.24) is 4.98 Å². The van der Waals surface area contributed by atoms with Crippen LogP contribution in [0.25, 0.3) is 0 Å². The Hall–Kier alpha value is -1.62. The van der Waals surface area contributed by atoms with Crippen LogP contribution in [-0.2, 0) is 0 Å². The molecule has 4 N–H and O–H groups in total. The first-order valence-electron chi connectivity index (χ1n) is 6.16. The molecule has 0 saturated heterocycles. The van der Waals surface area contributed by atoms with E-state index in [2.05, 4.69) is 4.98 Å². The Kier molecular flexibility index (Phi) is 3.52. The number of nitrogens with two attached hydrogens (primary N) is 2. The minimum Gasteiger partial charge on any atom is -0.474 e. The number of nitrogens with zero attached hydrogens (tertiary/aromatic N) is 1. The lowest BCUT2D eigenvalue weighted by Gasteiger charge is -2.34. The molecule has 1 fully saturated rings. The highest BCUT2D eigenvalue weighted by molar-refractivity contribution is 5.96. The lowest BCUT2D eigenvalue weighted by Crippen LogP contribution is -2.38. The average molecular weight is 249 g/mol. The van der Waals surface area contributed by atoms with Gasteiger partial charge in [0, 0.05) is 5.69 Å². The van der Waals surface area contributed by atoms with Crippen molar-refractivity contribution in [3.63, 3.8) is 0 Å². The maximum Gasteiger partial charge on any atom is 0.254 e. The first-order chi connectivity index (χ1) is 8.51. The Labute approximate surface area is 107 Å². The van der Waals surface area contributed by atoms with E-state index in [1.807, 2.05) is 19.9 Å². The Balaban J connectivity index is 2.19. The van der Waals surface area contributed by atoms with Crippen molar-refractivity contribution < 1.29 is 9.53 Å². The number of pyridine rings is 1. The molecule has 1 heterocycles. The Bertz CT molecular complexity index is 468. The highest BCUT2D eigenvalue weighted by Gasteiger charge is 2.31. The summed E-state index contributed by atoms with van der Waals surface area (Å²) in [5, 5.41) is 0. The third-order valence-corrected chi connectivity index (χ3v) is 3.36. The fraction of sp³-hybridized carbons (Fsp3) is 0.538. The van der Waals surface area contributed by atoms with E-state index in [4.69, 9.17) is 16.2 Å². The van der Waals surface area contributed by atoms with Crippen LogP contribution in [0.15, 0.2) is 6.07 Å². The van der Waals surface area contributed by atoms with Gasteiger partial charge < -0.3 is 16.2 Å². The lowest BCUT2D eigenvalue weighted by atomic mass is 9.82. The van der Waals surface area contributed by atoms with Crippen LogP contribution >= 0.6 is 0 Å². The second-order valence-corrected chi connectivity index (χ2v) is 4.94. The molecular weight excluding hydrogens is 230 g/mol. The van der Waals surface area contributed by atoms with Gasteiger partial charge in [-0.05, 0) is 50.8 Å². The summed E-state index contributed by atoms with van der Waals surface area (Å²) in [5.74, 6) is 0.392. The van der Waals surface area contributed by atoms with Gasteiger partial charge in [0.2, 0.25) is 5.88 Å². The number of hydrogen-bond acceptors (Lipinski definition) is 4. The molecule has 0 atom stereocenters. The number of ether oxygens (including phenoxy) is 1. The zero-order chi connectivity index (χ0) is 13.3. The van der Waals surface area contributed by atoms with Crippen molar-refractivity contribution in [2.24, 2.45) is 17.4 Å². The third-order valence-electron chi connectivity index (χ3n) is 3.36. The molecule has 1 aromatic heterocycles. The summed E-state index contributed by atoms with van der Waals surface area (Å²) in [4.78, 5) is 15.7. The van der Waals surface area contributed by atoms with E-state index < -0.39 is 5.91 Å². The molecule has 1 amide bonds. The Morgan fingerprint density at radius 2 is 2.17 bits per heavy atom. The summed E-state index contributed by atoms with van der Waals surface area (Å²) in [7, 11) is 0. The average Bonchev–Trinajstić information content (AvgIpc) is 2.20. The molecule has 5 nitrogen and oxygen atoms in total. The van der Waals surface area contributed by atoms with Gasteiger partial charge in [-0.25, -0.2) is 4.98 Å². The van der Waals surface area contributed by atoms with E-state index in [9.17, 15) is 4.79 Å². The summed E-state index contributed by atoms with van der Waals surface area (Å²) in [6, 6.07) is 1.83. The number of amides is 1. The zero-order valence-electron chi connectivity index (χ0n) is 10.8. The highest BCUT2D eigenvalue weighted by atomic mass is 16.5. The summed E-state index contributed by atoms with van der Waals surface area (Å²) >= 11 is 0. The van der Waals surface area contributed by atoms with Gasteiger partial charge in [-0.3, -0.25) is 4.79 Å². The van der Waals surface area contributed by atoms with Crippen molar-refractivity contribution >= 4 is 5.91 Å². The van der Waals surface area contributed by atoms with Crippen LogP contribution in [0, 0.1) is 19.8 Å². The highest BCUT2D eigenvalue weighted by Crippen LogP contribution is 2.31. The minimum atomic E-state index is -0.496. The predicted molar refractivity (Wildman–Crippen MR) is 68.4 cm³/mol. The smallest absolute Gasteiger partial charge is 0.254 e. The molecule has 18 heavy (non-hydrogen) atoms. The number of rotatable bonds is 4. The molecule has 0 aliphatic heterocycles. The zero-order valence-corrected chi connectivity index (χ0v) is 10.8. The van der Waals surface area contributed by atoms with Crippen molar-refractivity contribution in [2.75, 3.05) is 6.54 Å². The molecule has 0 unspecified atom stereocenters. The number of carbonyl (C=O) groups is 1. The second-order valence-electron chi connectivity index (χ2n) is 4.94. The number of aryl methyl sites for hydroxylation is 2. The van der Waals surface area contributed by atoms with Gasteiger partial charge in [0.15, 0.2) is 0 Å². The summed E-state index contributed by atoms with van der Waals surface area (Å²) in [6.45, 7) is 4.39. The predicted octanol–water partition coefficient (Wildman–Crippen LogP) is 0.913. The maximum atomic E-state index is 11.4. The molecule has 1 aliphatic carbocycles. The number of hydrogen-bond donors (Lipinski definition) is 2. The quantitative estimate of drug-likeness (QED) is 0.829. The molecule has 1 saturated carbocycles. The van der Waals surface area contributed by atoms with Gasteiger partial charge >= 0.3 is 0 Å². The Morgan fingerprint density at radius 1 is 1.50 bits per heavy atom. The van der Waals surface area contributed by atoms with Crippen LogP contribution in [0.3, 0.4) is 0 Å². The van der Waals surface area contributed by atoms with Gasteiger partial charge in [0.25, 0.3) is 5.91 Å². The van der Waals surface area contributed by atoms with Crippen LogP contribution in [-0.4, -0.2) is 23.5 Å². The van der Waals surface area contributed by atoms with Gasteiger partial charge in [0.1, 0.15) is 11.7 Å². The summed E-state index contributed by atoms with van der Waals surface area (Å²) < 4.78 is 5.77. The maximum absolute atomic E-state index is 11.4. The van der Waals surface area contributed by atoms with Gasteiger partial charge in [0.05, 0.1) is 0 Å². The molecule has 5 heteroatoms. The first kappa shape index (κ1) is 12.8. The second kappa shape index (κ2) is 4.94. The molecule has 0 aromatic carbocycles. The van der Waals surface area contributed by atoms with Crippen molar-refractivity contribution in [3.8, 4) is 5.88 Å². The SMILES string of the molecule is Cc1cc(C)c(C(N)=O)c(OC2CC(CN)C2)n1. The standard InChI is InChI=1S/C13H19N3O2/c1-7-3-8(2)16-13(11(7)12(15)17)18-10-4-9(5-10)6-14/h3,9-10H,4-6,14H2,1-2H3,(H2,15,17). The fourth-order valence-corrected chi connectivity index (χ4v) is 2.31. The molecule has 1 aliphatic rings. The van der Waals surface area contributed by atoms with Crippen molar-refractivity contribution in [3.05, 3.63) is 22.9 Å². The molecule has 98 valence electrons. The molecule has 0 bridgehead atoms. The van der Waals surface area contributed by atoms with Crippen molar-refractivity contribution in [1.29, 1.82) is 0 Å². The summed E-state index contributed by atoms with van der Waals surface area (Å²) in [5.41, 5.74) is 13.0. The Morgan fingerprint density at radius 3 is 2.72 bits per heavy atom. The number of aromatic nitrogens is 1. The number of carbonyl (C=O) groups excluding carboxylic acids is 1. The fourth-order valence-electron chi connectivity index (χ4n) is 2.31. The topological polar surface area (TPSA) is 91.2 Å². The van der Waals surface area contributed by atoms with E-state index in [0.29, 0.717) is 23.9 Å². The molecular formula is C13H19N3O2. The van der Waals surface area contributed by atoms with Crippen LogP contribution < -0.4 is 16.2 Å². The van der Waals surface area contributed by atoms with Crippen LogP contribution in [0.4, 0.5) is 0 Å². The van der Waals surface area contributed by atoms with E-state index in [1.165, 1.54) is 0 Å². The van der Waals surface area contributed by atoms with Crippen molar-refractivity contribution in [2.45, 2.75) is 32.8 Å². The van der Waals surface area contributed by atoms with E-state index in [0.717, 1.165) is 24.1 Å². The van der Waals surface area contributed by atoms with Crippen LogP contribution in [0.1, 0.15) is 34.5 Å². The molecule has 2 rings (SSSR count). The van der Waals surface area contributed by atoms with Gasteiger partial charge in [-0.15, -0.1) is 0 Å². The van der Waals surface area contributed by atoms with E-state index >= 15 is 0 Å². The number of primary amides is 1. The lowest BCUT2D eigenvalue weighted by molar-refractivity contribution is 0.0631. The largest absolute Gasteiger partial charge is 0.474 e. The first-order valence-corrected chi connectivity index (χ1v) is 6.16. The molecule has 1 aromatic rings. The third kappa shape index (κ3) is 2.46. The van der Waals surface area contributed by atoms with Crippen LogP contribution in [0.5, 0.6) is 5.88 Å². The van der Waals surface area contributed by atoms with Gasteiger partial charge in [-0.1, -0.05) is 0 Å². The van der Waals surface area contributed by atoms with E-state index in [1.54, 1.807) is 0 Å². The minimum absolute atomic E-state index is 0.102. The van der Waals surface area contributed by atoms with E-state index in [-0.39, 0.29) is 6.10 Å². The molecule has 0 radical (unpaired) electrons.